The smallest absolute Gasteiger partial charge is 0.335 e. The van der Waals surface area contributed by atoms with Crippen molar-refractivity contribution >= 4 is 44.0 Å². The Kier molecular flexibility index (Phi) is 4.50. The third-order valence-corrected chi connectivity index (χ3v) is 6.14. The first-order valence-corrected chi connectivity index (χ1v) is 10.7. The molecule has 7 nitrogen and oxygen atoms in total. The van der Waals surface area contributed by atoms with Crippen molar-refractivity contribution in [3.63, 3.8) is 0 Å². The fourth-order valence-corrected chi connectivity index (χ4v) is 4.87. The molecule has 1 aliphatic rings. The topological polar surface area (TPSA) is 104 Å². The molecule has 1 amide bonds. The van der Waals surface area contributed by atoms with Gasteiger partial charge in [0.25, 0.3) is 5.91 Å². The van der Waals surface area contributed by atoms with Crippen LogP contribution < -0.4 is 9.62 Å². The molecule has 0 atom stereocenters. The zero-order valence-electron chi connectivity index (χ0n) is 15.5. The van der Waals surface area contributed by atoms with Gasteiger partial charge in [-0.25, -0.2) is 13.2 Å². The molecule has 0 fully saturated rings. The number of carbonyl (C=O) groups excluding carboxylic acids is 1. The van der Waals surface area contributed by atoms with E-state index in [2.05, 4.69) is 4.72 Å². The summed E-state index contributed by atoms with van der Waals surface area (Å²) in [6, 6.07) is 14.5. The van der Waals surface area contributed by atoms with Crippen molar-refractivity contribution in [1.82, 2.24) is 0 Å². The molecule has 0 aromatic heterocycles. The Bertz CT molecular complexity index is 1270. The van der Waals surface area contributed by atoms with Crippen LogP contribution in [-0.4, -0.2) is 31.9 Å². The van der Waals surface area contributed by atoms with E-state index in [1.54, 1.807) is 41.3 Å². The quantitative estimate of drug-likeness (QED) is 0.648. The number of sulfonamides is 1. The maximum absolute atomic E-state index is 12.7. The molecule has 1 aliphatic heterocycles. The minimum atomic E-state index is -3.80. The zero-order chi connectivity index (χ0) is 20.8. The summed E-state index contributed by atoms with van der Waals surface area (Å²) >= 11 is 0. The summed E-state index contributed by atoms with van der Waals surface area (Å²) in [5.41, 5.74) is 2.09. The van der Waals surface area contributed by atoms with Gasteiger partial charge in [-0.2, -0.15) is 0 Å². The number of anilines is 2. The van der Waals surface area contributed by atoms with Gasteiger partial charge in [-0.3, -0.25) is 9.52 Å². The monoisotopic (exact) mass is 410 g/mol. The van der Waals surface area contributed by atoms with Crippen LogP contribution in [0.5, 0.6) is 0 Å². The maximum Gasteiger partial charge on any atom is 0.335 e. The maximum atomic E-state index is 12.7. The molecule has 0 spiro atoms. The second-order valence-corrected chi connectivity index (χ2v) is 8.50. The van der Waals surface area contributed by atoms with E-state index in [4.69, 9.17) is 5.11 Å². The number of benzene rings is 3. The fourth-order valence-electron chi connectivity index (χ4n) is 3.67. The highest BCUT2D eigenvalue weighted by molar-refractivity contribution is 7.91. The molecule has 0 unspecified atom stereocenters. The highest BCUT2D eigenvalue weighted by Gasteiger charge is 2.29. The lowest BCUT2D eigenvalue weighted by molar-refractivity contribution is 0.0696. The molecule has 148 valence electrons. The molecular formula is C21H18N2O5S. The summed E-state index contributed by atoms with van der Waals surface area (Å²) < 4.78 is 28.0. The van der Waals surface area contributed by atoms with Gasteiger partial charge >= 0.3 is 5.97 Å². The molecule has 8 heteroatoms. The van der Waals surface area contributed by atoms with Crippen LogP contribution in [0.4, 0.5) is 11.4 Å². The van der Waals surface area contributed by atoms with Crippen LogP contribution >= 0.6 is 0 Å². The van der Waals surface area contributed by atoms with Crippen molar-refractivity contribution < 1.29 is 23.1 Å². The van der Waals surface area contributed by atoms with Crippen molar-refractivity contribution in [3.8, 4) is 0 Å². The van der Waals surface area contributed by atoms with Gasteiger partial charge in [-0.15, -0.1) is 0 Å². The molecule has 1 heterocycles. The number of hydrogen-bond acceptors (Lipinski definition) is 4. The van der Waals surface area contributed by atoms with Gasteiger partial charge < -0.3 is 10.0 Å². The van der Waals surface area contributed by atoms with Crippen molar-refractivity contribution in [2.75, 3.05) is 16.2 Å². The molecule has 0 radical (unpaired) electrons. The molecule has 2 N–H and O–H groups in total. The second-order valence-electron chi connectivity index (χ2n) is 6.78. The molecule has 3 aromatic carbocycles. The first-order valence-electron chi connectivity index (χ1n) is 9.01. The third kappa shape index (κ3) is 3.31. The average molecular weight is 410 g/mol. The predicted molar refractivity (Wildman–Crippen MR) is 111 cm³/mol. The van der Waals surface area contributed by atoms with Gasteiger partial charge in [0.2, 0.25) is 10.0 Å². The first kappa shape index (κ1) is 18.9. The highest BCUT2D eigenvalue weighted by atomic mass is 32.2. The number of rotatable bonds is 6. The largest absolute Gasteiger partial charge is 0.478 e. The van der Waals surface area contributed by atoms with Crippen LogP contribution in [0, 0.1) is 0 Å². The van der Waals surface area contributed by atoms with E-state index in [-0.39, 0.29) is 17.2 Å². The number of hydrogen-bond donors (Lipinski definition) is 2. The second kappa shape index (κ2) is 6.89. The van der Waals surface area contributed by atoms with Crippen LogP contribution in [-0.2, 0) is 15.8 Å². The first-order chi connectivity index (χ1) is 13.8. The Labute approximate surface area is 167 Å². The number of carboxylic acid groups (broad SMARTS) is 1. The number of amides is 1. The number of carboxylic acids is 1. The predicted octanol–water partition coefficient (Wildman–Crippen LogP) is 3.46. The Hall–Kier alpha value is -3.39. The van der Waals surface area contributed by atoms with E-state index < -0.39 is 16.0 Å². The minimum Gasteiger partial charge on any atom is -0.478 e. The number of nitrogens with one attached hydrogen (secondary N) is 1. The lowest BCUT2D eigenvalue weighted by Crippen LogP contribution is -2.25. The lowest BCUT2D eigenvalue weighted by atomic mass is 10.0. The van der Waals surface area contributed by atoms with Crippen molar-refractivity contribution in [2.45, 2.75) is 12.7 Å². The Balaban J connectivity index is 1.70. The fraction of sp³-hybridized carbons (Fsp3) is 0.143. The molecule has 3 aromatic rings. The molecule has 0 saturated heterocycles. The zero-order valence-corrected chi connectivity index (χ0v) is 16.4. The lowest BCUT2D eigenvalue weighted by Gasteiger charge is -2.16. The summed E-state index contributed by atoms with van der Waals surface area (Å²) in [5, 5.41) is 10.5. The molecule has 0 aliphatic carbocycles. The van der Waals surface area contributed by atoms with E-state index in [0.717, 1.165) is 11.1 Å². The summed E-state index contributed by atoms with van der Waals surface area (Å²) in [7, 11) is -3.80. The van der Waals surface area contributed by atoms with E-state index >= 15 is 0 Å². The average Bonchev–Trinajstić information content (AvgIpc) is 2.96. The van der Waals surface area contributed by atoms with Crippen molar-refractivity contribution in [3.05, 3.63) is 71.3 Å². The molecule has 0 bridgehead atoms. The van der Waals surface area contributed by atoms with Gasteiger partial charge in [-0.1, -0.05) is 24.3 Å². The summed E-state index contributed by atoms with van der Waals surface area (Å²) in [6.45, 7) is 2.41. The van der Waals surface area contributed by atoms with Crippen molar-refractivity contribution in [2.24, 2.45) is 0 Å². The summed E-state index contributed by atoms with van der Waals surface area (Å²) in [5.74, 6) is -1.58. The molecule has 4 rings (SSSR count). The minimum absolute atomic E-state index is 0.0289. The van der Waals surface area contributed by atoms with Crippen molar-refractivity contribution in [1.29, 1.82) is 0 Å². The standard InChI is InChI=1S/C21H18N2O5S/c1-2-23-18-10-9-17(15-7-4-8-16(19(15)18)20(23)24)22-29(27,28)12-13-5-3-6-14(11-13)21(25)26/h3-11,22H,2,12H2,1H3,(H,25,26). The van der Waals surface area contributed by atoms with Gasteiger partial charge in [0.15, 0.2) is 0 Å². The summed E-state index contributed by atoms with van der Waals surface area (Å²) in [6.07, 6.45) is 0. The van der Waals surface area contributed by atoms with Crippen LogP contribution in [0.1, 0.15) is 33.2 Å². The third-order valence-electron chi connectivity index (χ3n) is 4.90. The van der Waals surface area contributed by atoms with E-state index in [0.29, 0.717) is 28.7 Å². The van der Waals surface area contributed by atoms with Crippen LogP contribution in [0.3, 0.4) is 0 Å². The van der Waals surface area contributed by atoms with Crippen LogP contribution in [0.2, 0.25) is 0 Å². The SMILES string of the molecule is CCN1C(=O)c2cccc3c(NS(=O)(=O)Cc4cccc(C(=O)O)c4)ccc1c23. The summed E-state index contributed by atoms with van der Waals surface area (Å²) in [4.78, 5) is 25.3. The molecular weight excluding hydrogens is 392 g/mol. The number of carbonyl (C=O) groups is 2. The Morgan fingerprint density at radius 2 is 1.86 bits per heavy atom. The van der Waals surface area contributed by atoms with Crippen LogP contribution in [0.15, 0.2) is 54.6 Å². The highest BCUT2D eigenvalue weighted by Crippen LogP contribution is 2.40. The van der Waals surface area contributed by atoms with Gasteiger partial charge in [0, 0.05) is 22.9 Å². The van der Waals surface area contributed by atoms with Gasteiger partial charge in [-0.05, 0) is 42.8 Å². The van der Waals surface area contributed by atoms with Gasteiger partial charge in [0.05, 0.1) is 22.7 Å². The van der Waals surface area contributed by atoms with E-state index in [1.807, 2.05) is 6.92 Å². The molecule has 0 saturated carbocycles. The Morgan fingerprint density at radius 3 is 2.59 bits per heavy atom. The van der Waals surface area contributed by atoms with E-state index in [9.17, 15) is 18.0 Å². The Morgan fingerprint density at radius 1 is 1.10 bits per heavy atom. The van der Waals surface area contributed by atoms with Crippen LogP contribution in [0.25, 0.3) is 10.8 Å². The molecule has 29 heavy (non-hydrogen) atoms. The number of aromatic carboxylic acids is 1. The van der Waals surface area contributed by atoms with Gasteiger partial charge in [0.1, 0.15) is 0 Å². The normalized spacial score (nSPS) is 13.1. The number of nitrogens with zero attached hydrogens (tertiary/aromatic N) is 1. The van der Waals surface area contributed by atoms with E-state index in [1.165, 1.54) is 18.2 Å².